The summed E-state index contributed by atoms with van der Waals surface area (Å²) in [7, 11) is 4.11. The predicted molar refractivity (Wildman–Crippen MR) is 160 cm³/mol. The molecule has 4 aromatic carbocycles. The molecule has 0 radical (unpaired) electrons. The van der Waals surface area contributed by atoms with Gasteiger partial charge in [-0.2, -0.15) is 52.7 Å². The first kappa shape index (κ1) is 39.7. The number of alkyl halides is 12. The molecule has 0 spiro atoms. The Balaban J connectivity index is 0.000000335. The van der Waals surface area contributed by atoms with Gasteiger partial charge in [-0.05, 0) is 71.8 Å². The summed E-state index contributed by atoms with van der Waals surface area (Å²) in [6, 6.07) is 16.6. The van der Waals surface area contributed by atoms with E-state index >= 15 is 0 Å². The lowest BCUT2D eigenvalue weighted by Gasteiger charge is -2.22. The van der Waals surface area contributed by atoms with Crippen molar-refractivity contribution >= 4 is 5.91 Å². The second-order valence-corrected chi connectivity index (χ2v) is 10.8. The molecule has 0 fully saturated rings. The lowest BCUT2D eigenvalue weighted by atomic mass is 9.97. The number of rotatable bonds is 7. The highest BCUT2D eigenvalue weighted by Crippen LogP contribution is 2.38. The summed E-state index contributed by atoms with van der Waals surface area (Å²) in [5.74, 6) is -0.384. The minimum Gasteiger partial charge on any atom is -0.496 e. The highest BCUT2D eigenvalue weighted by Gasteiger charge is 2.38. The Hall–Kier alpha value is -4.73. The molecule has 0 aliphatic rings. The Bertz CT molecular complexity index is 1700. The standard InChI is InChI=1S/C24H19F6NO2.C10H9F6N/c1-31(14-15-11-17(23(25,26)27)13-18(12-15)24(28,29)30)22(32)21-19(9-6-10-20(21)33-2)16-7-4-3-5-8-16;1-17-5-6-2-7(9(11,12)13)4-8(3-6)10(14,15)16/h3-13H,14H2,1-2H3;2-4,17H,5H2,1H3. The van der Waals surface area contributed by atoms with Gasteiger partial charge in [-0.1, -0.05) is 42.5 Å². The average molecular weight is 725 g/mol. The summed E-state index contributed by atoms with van der Waals surface area (Å²) in [5.41, 5.74) is -4.45. The summed E-state index contributed by atoms with van der Waals surface area (Å²) in [4.78, 5) is 14.3. The van der Waals surface area contributed by atoms with Crippen LogP contribution in [0.3, 0.4) is 0 Å². The molecular formula is C34H28F12N2O2. The van der Waals surface area contributed by atoms with E-state index in [2.05, 4.69) is 5.32 Å². The number of nitrogens with zero attached hydrogens (tertiary/aromatic N) is 1. The molecular weight excluding hydrogens is 696 g/mol. The van der Waals surface area contributed by atoms with Gasteiger partial charge in [0.15, 0.2) is 0 Å². The maximum absolute atomic E-state index is 13.3. The van der Waals surface area contributed by atoms with E-state index in [0.29, 0.717) is 35.4 Å². The Morgan fingerprint density at radius 1 is 0.640 bits per heavy atom. The van der Waals surface area contributed by atoms with Crippen LogP contribution in [-0.2, 0) is 37.8 Å². The molecule has 4 rings (SSSR count). The van der Waals surface area contributed by atoms with E-state index in [1.165, 1.54) is 21.2 Å². The number of benzene rings is 4. The van der Waals surface area contributed by atoms with E-state index in [0.717, 1.165) is 4.90 Å². The van der Waals surface area contributed by atoms with Crippen LogP contribution in [0.25, 0.3) is 11.1 Å². The van der Waals surface area contributed by atoms with Crippen molar-refractivity contribution in [1.82, 2.24) is 10.2 Å². The fraction of sp³-hybridized carbons (Fsp3) is 0.265. The molecule has 0 aliphatic carbocycles. The smallest absolute Gasteiger partial charge is 0.416 e. The van der Waals surface area contributed by atoms with Crippen molar-refractivity contribution in [2.75, 3.05) is 21.2 Å². The molecule has 0 saturated heterocycles. The summed E-state index contributed by atoms with van der Waals surface area (Å²) in [6.07, 6.45) is -19.5. The molecule has 50 heavy (non-hydrogen) atoms. The maximum Gasteiger partial charge on any atom is 0.416 e. The van der Waals surface area contributed by atoms with Gasteiger partial charge in [0.2, 0.25) is 0 Å². The summed E-state index contributed by atoms with van der Waals surface area (Å²) in [5, 5.41) is 2.51. The van der Waals surface area contributed by atoms with Gasteiger partial charge >= 0.3 is 24.7 Å². The Labute approximate surface area is 278 Å². The highest BCUT2D eigenvalue weighted by molar-refractivity contribution is 6.03. The molecule has 270 valence electrons. The lowest BCUT2D eigenvalue weighted by molar-refractivity contribution is -0.144. The zero-order valence-electron chi connectivity index (χ0n) is 26.3. The van der Waals surface area contributed by atoms with E-state index in [4.69, 9.17) is 4.74 Å². The number of nitrogens with one attached hydrogen (secondary N) is 1. The van der Waals surface area contributed by atoms with Crippen molar-refractivity contribution in [3.63, 3.8) is 0 Å². The molecule has 1 N–H and O–H groups in total. The van der Waals surface area contributed by atoms with Gasteiger partial charge < -0.3 is 15.0 Å². The van der Waals surface area contributed by atoms with Crippen LogP contribution < -0.4 is 10.1 Å². The average Bonchev–Trinajstić information content (AvgIpc) is 3.03. The number of halogens is 12. The minimum atomic E-state index is -4.97. The Morgan fingerprint density at radius 3 is 1.48 bits per heavy atom. The van der Waals surface area contributed by atoms with E-state index in [-0.39, 0.29) is 41.1 Å². The maximum atomic E-state index is 13.3. The van der Waals surface area contributed by atoms with Crippen LogP contribution in [0.4, 0.5) is 52.7 Å². The van der Waals surface area contributed by atoms with Gasteiger partial charge in [-0.3, -0.25) is 4.79 Å². The molecule has 16 heteroatoms. The second kappa shape index (κ2) is 15.4. The van der Waals surface area contributed by atoms with Crippen LogP contribution in [0, 0.1) is 0 Å². The van der Waals surface area contributed by atoms with Crippen LogP contribution in [0.1, 0.15) is 43.7 Å². The number of methoxy groups -OCH3 is 1. The fourth-order valence-corrected chi connectivity index (χ4v) is 4.75. The monoisotopic (exact) mass is 724 g/mol. The van der Waals surface area contributed by atoms with Crippen molar-refractivity contribution < 1.29 is 62.2 Å². The minimum absolute atomic E-state index is 0.0546. The number of hydrogen-bond donors (Lipinski definition) is 1. The van der Waals surface area contributed by atoms with Crippen molar-refractivity contribution in [2.24, 2.45) is 0 Å². The molecule has 0 aromatic heterocycles. The van der Waals surface area contributed by atoms with E-state index < -0.39 is 59.4 Å². The number of carbonyl (C=O) groups is 1. The normalized spacial score (nSPS) is 12.2. The second-order valence-electron chi connectivity index (χ2n) is 10.8. The third-order valence-corrected chi connectivity index (χ3v) is 6.99. The predicted octanol–water partition coefficient (Wildman–Crippen LogP) is 10.1. The van der Waals surface area contributed by atoms with Crippen LogP contribution in [0.2, 0.25) is 0 Å². The quantitative estimate of drug-likeness (QED) is 0.193. The van der Waals surface area contributed by atoms with Crippen LogP contribution in [0.15, 0.2) is 84.9 Å². The topological polar surface area (TPSA) is 41.6 Å². The van der Waals surface area contributed by atoms with Gasteiger partial charge in [0.25, 0.3) is 5.91 Å². The third kappa shape index (κ3) is 10.4. The van der Waals surface area contributed by atoms with E-state index in [1.807, 2.05) is 0 Å². The van der Waals surface area contributed by atoms with Crippen molar-refractivity contribution in [2.45, 2.75) is 37.8 Å². The zero-order chi connectivity index (χ0) is 37.7. The van der Waals surface area contributed by atoms with Gasteiger partial charge in [0.05, 0.1) is 34.9 Å². The summed E-state index contributed by atoms with van der Waals surface area (Å²) < 4.78 is 159. The highest BCUT2D eigenvalue weighted by atomic mass is 19.4. The molecule has 4 nitrogen and oxygen atoms in total. The Kier molecular flexibility index (Phi) is 12.3. The number of carbonyl (C=O) groups excluding carboxylic acids is 1. The molecule has 0 atom stereocenters. The number of ether oxygens (including phenoxy) is 1. The fourth-order valence-electron chi connectivity index (χ4n) is 4.75. The molecule has 0 saturated carbocycles. The first-order valence-corrected chi connectivity index (χ1v) is 14.3. The molecule has 4 aromatic rings. The van der Waals surface area contributed by atoms with Crippen LogP contribution in [-0.4, -0.2) is 32.0 Å². The SMILES string of the molecule is CNCc1cc(C(F)(F)F)cc(C(F)(F)F)c1.COc1cccc(-c2ccccc2)c1C(=O)N(C)Cc1cc(C(F)(F)F)cc(C(F)(F)F)c1. The van der Waals surface area contributed by atoms with Crippen molar-refractivity contribution in [1.29, 1.82) is 0 Å². The van der Waals surface area contributed by atoms with Crippen LogP contribution >= 0.6 is 0 Å². The first-order chi connectivity index (χ1) is 23.1. The molecule has 0 heterocycles. The molecule has 0 unspecified atom stereocenters. The van der Waals surface area contributed by atoms with Gasteiger partial charge in [0.1, 0.15) is 5.75 Å². The zero-order valence-corrected chi connectivity index (χ0v) is 26.3. The van der Waals surface area contributed by atoms with Gasteiger partial charge in [-0.25, -0.2) is 0 Å². The van der Waals surface area contributed by atoms with E-state index in [1.54, 1.807) is 48.5 Å². The third-order valence-electron chi connectivity index (χ3n) is 6.99. The summed E-state index contributed by atoms with van der Waals surface area (Å²) >= 11 is 0. The van der Waals surface area contributed by atoms with Gasteiger partial charge in [0, 0.05) is 20.1 Å². The Morgan fingerprint density at radius 2 is 1.08 bits per heavy atom. The molecule has 1 amide bonds. The largest absolute Gasteiger partial charge is 0.496 e. The molecule has 0 bridgehead atoms. The van der Waals surface area contributed by atoms with Crippen molar-refractivity contribution in [3.05, 3.63) is 124 Å². The molecule has 0 aliphatic heterocycles. The number of hydrogen-bond acceptors (Lipinski definition) is 3. The summed E-state index contributed by atoms with van der Waals surface area (Å²) in [6.45, 7) is -0.537. The number of amides is 1. The van der Waals surface area contributed by atoms with E-state index in [9.17, 15) is 57.5 Å². The lowest BCUT2D eigenvalue weighted by Crippen LogP contribution is -2.27. The van der Waals surface area contributed by atoms with Gasteiger partial charge in [-0.15, -0.1) is 0 Å². The van der Waals surface area contributed by atoms with Crippen molar-refractivity contribution in [3.8, 4) is 16.9 Å². The van der Waals surface area contributed by atoms with Crippen LogP contribution in [0.5, 0.6) is 5.75 Å². The first-order valence-electron chi connectivity index (χ1n) is 14.3.